The largest absolute Gasteiger partial charge is 0.496 e. The van der Waals surface area contributed by atoms with Crippen LogP contribution >= 0.6 is 0 Å². The molecule has 1 unspecified atom stereocenters. The van der Waals surface area contributed by atoms with Crippen LogP contribution < -0.4 is 9.47 Å². The highest BCUT2D eigenvalue weighted by atomic mass is 16.5. The highest BCUT2D eigenvalue weighted by molar-refractivity contribution is 5.51. The molecule has 0 aliphatic carbocycles. The standard InChI is InChI=1S/C19H32O2/c1-10-13(2)21-17-12-14(18(3,4)5)16(20-9)11-15(17)19(6,7)8/h11-13H,10H2,1-9H3. The van der Waals surface area contributed by atoms with Gasteiger partial charge in [-0.2, -0.15) is 0 Å². The minimum atomic E-state index is 0.0203. The van der Waals surface area contributed by atoms with Crippen molar-refractivity contribution in [2.24, 2.45) is 0 Å². The molecule has 0 saturated carbocycles. The molecule has 21 heavy (non-hydrogen) atoms. The molecule has 1 aromatic rings. The number of rotatable bonds is 4. The molecule has 0 aromatic heterocycles. The maximum Gasteiger partial charge on any atom is 0.123 e. The third-order valence-electron chi connectivity index (χ3n) is 3.82. The Kier molecular flexibility index (Phi) is 5.35. The second-order valence-electron chi connectivity index (χ2n) is 7.89. The van der Waals surface area contributed by atoms with E-state index in [1.807, 2.05) is 0 Å². The van der Waals surface area contributed by atoms with Gasteiger partial charge in [0.25, 0.3) is 0 Å². The molecule has 0 fully saturated rings. The minimum absolute atomic E-state index is 0.0203. The first-order valence-corrected chi connectivity index (χ1v) is 7.90. The van der Waals surface area contributed by atoms with Crippen LogP contribution in [0, 0.1) is 0 Å². The highest BCUT2D eigenvalue weighted by Gasteiger charge is 2.27. The molecule has 2 nitrogen and oxygen atoms in total. The predicted molar refractivity (Wildman–Crippen MR) is 90.8 cm³/mol. The third-order valence-corrected chi connectivity index (χ3v) is 3.82. The molecule has 1 aromatic carbocycles. The van der Waals surface area contributed by atoms with E-state index in [1.54, 1.807) is 7.11 Å². The van der Waals surface area contributed by atoms with E-state index in [-0.39, 0.29) is 16.9 Å². The number of methoxy groups -OCH3 is 1. The van der Waals surface area contributed by atoms with Crippen LogP contribution in [0.5, 0.6) is 11.5 Å². The molecule has 0 amide bonds. The lowest BCUT2D eigenvalue weighted by atomic mass is 9.81. The molecule has 1 rings (SSSR count). The molecular formula is C19H32O2. The van der Waals surface area contributed by atoms with Gasteiger partial charge in [0.05, 0.1) is 13.2 Å². The van der Waals surface area contributed by atoms with Gasteiger partial charge in [-0.05, 0) is 36.3 Å². The Bertz CT molecular complexity index is 476. The van der Waals surface area contributed by atoms with Gasteiger partial charge in [0, 0.05) is 11.1 Å². The zero-order chi connectivity index (χ0) is 16.4. The summed E-state index contributed by atoms with van der Waals surface area (Å²) < 4.78 is 11.8. The van der Waals surface area contributed by atoms with Crippen molar-refractivity contribution in [3.05, 3.63) is 23.3 Å². The lowest BCUT2D eigenvalue weighted by Crippen LogP contribution is -2.20. The first-order valence-electron chi connectivity index (χ1n) is 7.90. The first kappa shape index (κ1) is 17.9. The summed E-state index contributed by atoms with van der Waals surface area (Å²) >= 11 is 0. The van der Waals surface area contributed by atoms with E-state index >= 15 is 0 Å². The predicted octanol–water partition coefficient (Wildman–Crippen LogP) is 5.47. The topological polar surface area (TPSA) is 18.5 Å². The molecule has 0 spiro atoms. The van der Waals surface area contributed by atoms with Crippen molar-refractivity contribution in [3.8, 4) is 11.5 Å². The van der Waals surface area contributed by atoms with Gasteiger partial charge in [-0.1, -0.05) is 48.5 Å². The Morgan fingerprint density at radius 1 is 0.905 bits per heavy atom. The zero-order valence-electron chi connectivity index (χ0n) is 15.3. The summed E-state index contributed by atoms with van der Waals surface area (Å²) in [5, 5.41) is 0. The Balaban J connectivity index is 3.50. The summed E-state index contributed by atoms with van der Waals surface area (Å²) in [6.45, 7) is 17.5. The minimum Gasteiger partial charge on any atom is -0.496 e. The van der Waals surface area contributed by atoms with Crippen molar-refractivity contribution in [1.29, 1.82) is 0 Å². The quantitative estimate of drug-likeness (QED) is 0.733. The third kappa shape index (κ3) is 4.39. The average molecular weight is 292 g/mol. The Labute approximate surface area is 130 Å². The second kappa shape index (κ2) is 6.29. The zero-order valence-corrected chi connectivity index (χ0v) is 15.3. The maximum absolute atomic E-state index is 6.20. The SMILES string of the molecule is CCC(C)Oc1cc(C(C)(C)C)c(OC)cc1C(C)(C)C. The molecule has 2 heteroatoms. The summed E-state index contributed by atoms with van der Waals surface area (Å²) in [6, 6.07) is 4.32. The Morgan fingerprint density at radius 3 is 1.71 bits per heavy atom. The summed E-state index contributed by atoms with van der Waals surface area (Å²) in [6.07, 6.45) is 1.22. The fraction of sp³-hybridized carbons (Fsp3) is 0.684. The van der Waals surface area contributed by atoms with E-state index in [9.17, 15) is 0 Å². The Morgan fingerprint density at radius 2 is 1.33 bits per heavy atom. The Hall–Kier alpha value is -1.18. The molecule has 120 valence electrons. The van der Waals surface area contributed by atoms with Gasteiger partial charge in [-0.3, -0.25) is 0 Å². The van der Waals surface area contributed by atoms with Gasteiger partial charge >= 0.3 is 0 Å². The van der Waals surface area contributed by atoms with Crippen molar-refractivity contribution >= 4 is 0 Å². The van der Waals surface area contributed by atoms with E-state index in [0.717, 1.165) is 17.9 Å². The molecule has 0 saturated heterocycles. The lowest BCUT2D eigenvalue weighted by Gasteiger charge is -2.29. The number of ether oxygens (including phenoxy) is 2. The maximum atomic E-state index is 6.20. The van der Waals surface area contributed by atoms with Gasteiger partial charge in [0.1, 0.15) is 11.5 Å². The van der Waals surface area contributed by atoms with Gasteiger partial charge in [-0.25, -0.2) is 0 Å². The fourth-order valence-electron chi connectivity index (χ4n) is 2.30. The van der Waals surface area contributed by atoms with E-state index in [0.29, 0.717) is 0 Å². The molecular weight excluding hydrogens is 260 g/mol. The van der Waals surface area contributed by atoms with Gasteiger partial charge in [0.2, 0.25) is 0 Å². The normalized spacial score (nSPS) is 14.0. The van der Waals surface area contributed by atoms with Crippen molar-refractivity contribution in [3.63, 3.8) is 0 Å². The fourth-order valence-corrected chi connectivity index (χ4v) is 2.30. The summed E-state index contributed by atoms with van der Waals surface area (Å²) in [5.41, 5.74) is 2.44. The monoisotopic (exact) mass is 292 g/mol. The summed E-state index contributed by atoms with van der Waals surface area (Å²) in [5.74, 6) is 1.94. The number of benzene rings is 1. The molecule has 0 aliphatic heterocycles. The van der Waals surface area contributed by atoms with Gasteiger partial charge in [0.15, 0.2) is 0 Å². The van der Waals surface area contributed by atoms with Crippen LogP contribution in [0.4, 0.5) is 0 Å². The van der Waals surface area contributed by atoms with Crippen LogP contribution in [0.3, 0.4) is 0 Å². The summed E-state index contributed by atoms with van der Waals surface area (Å²) in [7, 11) is 1.74. The first-order chi connectivity index (χ1) is 9.50. The van der Waals surface area contributed by atoms with Gasteiger partial charge < -0.3 is 9.47 Å². The average Bonchev–Trinajstić information content (AvgIpc) is 2.35. The highest BCUT2D eigenvalue weighted by Crippen LogP contribution is 2.41. The second-order valence-corrected chi connectivity index (χ2v) is 7.89. The molecule has 0 aliphatic rings. The van der Waals surface area contributed by atoms with Gasteiger partial charge in [-0.15, -0.1) is 0 Å². The van der Waals surface area contributed by atoms with Crippen molar-refractivity contribution in [1.82, 2.24) is 0 Å². The molecule has 0 N–H and O–H groups in total. The van der Waals surface area contributed by atoms with Crippen LogP contribution in [0.25, 0.3) is 0 Å². The molecule has 1 atom stereocenters. The van der Waals surface area contributed by atoms with Crippen molar-refractivity contribution in [2.45, 2.75) is 78.7 Å². The van der Waals surface area contributed by atoms with Crippen LogP contribution in [0.1, 0.15) is 72.9 Å². The van der Waals surface area contributed by atoms with Crippen molar-refractivity contribution < 1.29 is 9.47 Å². The molecule has 0 bridgehead atoms. The van der Waals surface area contributed by atoms with Crippen LogP contribution in [-0.2, 0) is 10.8 Å². The number of hydrogen-bond acceptors (Lipinski definition) is 2. The van der Waals surface area contributed by atoms with Crippen LogP contribution in [-0.4, -0.2) is 13.2 Å². The van der Waals surface area contributed by atoms with Crippen molar-refractivity contribution in [2.75, 3.05) is 7.11 Å². The number of hydrogen-bond donors (Lipinski definition) is 0. The van der Waals surface area contributed by atoms with E-state index in [2.05, 4.69) is 67.5 Å². The molecule has 0 heterocycles. The van der Waals surface area contributed by atoms with E-state index in [1.165, 1.54) is 11.1 Å². The van der Waals surface area contributed by atoms with E-state index < -0.39 is 0 Å². The lowest BCUT2D eigenvalue weighted by molar-refractivity contribution is 0.211. The smallest absolute Gasteiger partial charge is 0.123 e. The summed E-state index contributed by atoms with van der Waals surface area (Å²) in [4.78, 5) is 0. The van der Waals surface area contributed by atoms with Crippen LogP contribution in [0.15, 0.2) is 12.1 Å². The molecule has 0 radical (unpaired) electrons. The van der Waals surface area contributed by atoms with Crippen LogP contribution in [0.2, 0.25) is 0 Å². The van der Waals surface area contributed by atoms with E-state index in [4.69, 9.17) is 9.47 Å².